The van der Waals surface area contributed by atoms with Crippen LogP contribution >= 0.6 is 15.9 Å². The molecule has 0 bridgehead atoms. The van der Waals surface area contributed by atoms with E-state index in [-0.39, 0.29) is 48.0 Å². The molecule has 0 atom stereocenters. The summed E-state index contributed by atoms with van der Waals surface area (Å²) in [7, 11) is 0. The first-order valence-corrected chi connectivity index (χ1v) is 13.2. The zero-order chi connectivity index (χ0) is 29.1. The van der Waals surface area contributed by atoms with Crippen LogP contribution in [-0.4, -0.2) is 19.4 Å². The summed E-state index contributed by atoms with van der Waals surface area (Å²) in [4.78, 5) is 25.1. The lowest BCUT2D eigenvalue weighted by Gasteiger charge is -2.21. The molecule has 0 spiro atoms. The second-order valence-corrected chi connectivity index (χ2v) is 9.88. The number of fused-ring (bicyclic) bond motifs is 2. The molecular formula is C29H22BrF3O8. The van der Waals surface area contributed by atoms with Crippen molar-refractivity contribution < 1.29 is 46.1 Å². The van der Waals surface area contributed by atoms with Crippen LogP contribution in [-0.2, 0) is 28.9 Å². The number of hydrogen-bond acceptors (Lipinski definition) is 8. The van der Waals surface area contributed by atoms with Crippen molar-refractivity contribution in [1.29, 1.82) is 0 Å². The van der Waals surface area contributed by atoms with Gasteiger partial charge in [0.1, 0.15) is 29.4 Å². The quantitative estimate of drug-likeness (QED) is 0.185. The lowest BCUT2D eigenvalue weighted by Crippen LogP contribution is -2.15. The zero-order valence-electron chi connectivity index (χ0n) is 21.5. The van der Waals surface area contributed by atoms with E-state index in [0.717, 1.165) is 10.0 Å². The molecule has 0 saturated carbocycles. The van der Waals surface area contributed by atoms with Crippen molar-refractivity contribution >= 4 is 32.9 Å². The predicted octanol–water partition coefficient (Wildman–Crippen LogP) is 7.38. The number of carbonyl (C=O) groups is 1. The Morgan fingerprint density at radius 2 is 1.80 bits per heavy atom. The number of ether oxygens (including phenoxy) is 5. The Morgan fingerprint density at radius 3 is 2.54 bits per heavy atom. The van der Waals surface area contributed by atoms with Gasteiger partial charge >= 0.3 is 12.1 Å². The first-order valence-electron chi connectivity index (χ1n) is 12.4. The van der Waals surface area contributed by atoms with Crippen molar-refractivity contribution in [2.24, 2.45) is 0 Å². The molecule has 214 valence electrons. The fourth-order valence-electron chi connectivity index (χ4n) is 4.11. The number of hydrogen-bond donors (Lipinski definition) is 0. The molecular weight excluding hydrogens is 613 g/mol. The van der Waals surface area contributed by atoms with Crippen LogP contribution in [0.2, 0.25) is 0 Å². The molecule has 2 heterocycles. The summed E-state index contributed by atoms with van der Waals surface area (Å²) >= 11 is 3.43. The van der Waals surface area contributed by atoms with E-state index in [4.69, 9.17) is 28.1 Å². The Labute approximate surface area is 239 Å². The van der Waals surface area contributed by atoms with Crippen molar-refractivity contribution in [1.82, 2.24) is 0 Å². The van der Waals surface area contributed by atoms with Crippen LogP contribution in [0.1, 0.15) is 40.6 Å². The molecule has 0 aliphatic carbocycles. The van der Waals surface area contributed by atoms with E-state index in [1.807, 2.05) is 13.0 Å². The van der Waals surface area contributed by atoms with Crippen LogP contribution in [0, 0.1) is 0 Å². The van der Waals surface area contributed by atoms with Gasteiger partial charge in [0.2, 0.25) is 11.2 Å². The highest BCUT2D eigenvalue weighted by molar-refractivity contribution is 9.10. The molecule has 0 radical (unpaired) electrons. The Kier molecular flexibility index (Phi) is 8.22. The number of rotatable bonds is 8. The van der Waals surface area contributed by atoms with Gasteiger partial charge in [-0.15, -0.1) is 0 Å². The smallest absolute Gasteiger partial charge is 0.453 e. The largest absolute Gasteiger partial charge is 0.489 e. The molecule has 0 unspecified atom stereocenters. The van der Waals surface area contributed by atoms with Crippen LogP contribution < -0.4 is 19.6 Å². The highest BCUT2D eigenvalue weighted by Crippen LogP contribution is 2.39. The molecule has 0 amide bonds. The van der Waals surface area contributed by atoms with Crippen molar-refractivity contribution in [3.8, 4) is 23.0 Å². The summed E-state index contributed by atoms with van der Waals surface area (Å²) in [5, 5.41) is -0.138. The molecule has 1 aromatic heterocycles. The van der Waals surface area contributed by atoms with E-state index in [2.05, 4.69) is 15.9 Å². The number of carbonyl (C=O) groups excluding carboxylic acids is 1. The molecule has 1 aliphatic rings. The highest BCUT2D eigenvalue weighted by atomic mass is 79.9. The van der Waals surface area contributed by atoms with Gasteiger partial charge in [-0.3, -0.25) is 4.79 Å². The van der Waals surface area contributed by atoms with Crippen LogP contribution in [0.5, 0.6) is 23.0 Å². The fourth-order valence-corrected chi connectivity index (χ4v) is 4.66. The van der Waals surface area contributed by atoms with Gasteiger partial charge in [-0.2, -0.15) is 13.2 Å². The van der Waals surface area contributed by atoms with Crippen molar-refractivity contribution in [2.45, 2.75) is 32.7 Å². The predicted molar refractivity (Wildman–Crippen MR) is 143 cm³/mol. The molecule has 8 nitrogen and oxygen atoms in total. The van der Waals surface area contributed by atoms with Gasteiger partial charge in [-0.05, 0) is 55.0 Å². The average molecular weight is 635 g/mol. The third-order valence-corrected chi connectivity index (χ3v) is 6.43. The van der Waals surface area contributed by atoms with E-state index in [1.165, 1.54) is 42.5 Å². The minimum atomic E-state index is -5.04. The molecule has 0 fully saturated rings. The lowest BCUT2D eigenvalue weighted by atomic mass is 10.1. The molecule has 0 N–H and O–H groups in total. The normalized spacial score (nSPS) is 12.9. The maximum atomic E-state index is 14.0. The topological polar surface area (TPSA) is 93.4 Å². The van der Waals surface area contributed by atoms with E-state index in [9.17, 15) is 22.8 Å². The van der Waals surface area contributed by atoms with Crippen molar-refractivity contribution in [2.75, 3.05) is 13.4 Å². The molecule has 0 saturated heterocycles. The maximum absolute atomic E-state index is 14.0. The molecule has 41 heavy (non-hydrogen) atoms. The number of halogens is 4. The summed E-state index contributed by atoms with van der Waals surface area (Å²) in [6, 6.07) is 12.8. The third-order valence-electron chi connectivity index (χ3n) is 5.97. The average Bonchev–Trinajstić information content (AvgIpc) is 2.95. The maximum Gasteiger partial charge on any atom is 0.453 e. The number of benzene rings is 3. The van der Waals surface area contributed by atoms with Crippen molar-refractivity contribution in [3.63, 3.8) is 0 Å². The second-order valence-electron chi connectivity index (χ2n) is 8.96. The first-order chi connectivity index (χ1) is 19.6. The van der Waals surface area contributed by atoms with Crippen LogP contribution in [0.3, 0.4) is 0 Å². The SMILES string of the molecule is CCCOC(=O)c1ccc(Oc2c(C(F)(F)F)oc3cc(OCc4cc(Br)cc5c4OCOC5)ccc3c2=O)cc1. The monoisotopic (exact) mass is 634 g/mol. The Balaban J connectivity index is 1.43. The standard InChI is InChI=1S/C29H22BrF3O8/c1-2-9-37-28(35)16-3-5-20(6-4-16)40-26-24(34)22-8-7-21(12-23(22)41-27(26)29(31,32)33)38-14-18-11-19(30)10-17-13-36-15-39-25(17)18/h3-8,10-12H,2,9,13-15H2,1H3. The summed E-state index contributed by atoms with van der Waals surface area (Å²) in [6.07, 6.45) is -4.41. The third kappa shape index (κ3) is 6.33. The van der Waals surface area contributed by atoms with E-state index < -0.39 is 29.1 Å². The van der Waals surface area contributed by atoms with Gasteiger partial charge in [0, 0.05) is 21.7 Å². The molecule has 5 rings (SSSR count). The Bertz CT molecular complexity index is 1650. The minimum Gasteiger partial charge on any atom is -0.489 e. The number of alkyl halides is 3. The first kappa shape index (κ1) is 28.5. The van der Waals surface area contributed by atoms with Crippen molar-refractivity contribution in [3.05, 3.63) is 91.7 Å². The van der Waals surface area contributed by atoms with Crippen LogP contribution in [0.25, 0.3) is 11.0 Å². The highest BCUT2D eigenvalue weighted by Gasteiger charge is 2.40. The molecule has 3 aromatic carbocycles. The number of esters is 1. The van der Waals surface area contributed by atoms with Gasteiger partial charge < -0.3 is 28.1 Å². The summed E-state index contributed by atoms with van der Waals surface area (Å²) in [6.45, 7) is 2.55. The lowest BCUT2D eigenvalue weighted by molar-refractivity contribution is -0.154. The molecule has 12 heteroatoms. The van der Waals surface area contributed by atoms with Crippen LogP contribution in [0.15, 0.2) is 68.3 Å². The van der Waals surface area contributed by atoms with E-state index in [0.29, 0.717) is 24.3 Å². The second kappa shape index (κ2) is 11.8. The van der Waals surface area contributed by atoms with Gasteiger partial charge in [-0.25, -0.2) is 4.79 Å². The summed E-state index contributed by atoms with van der Waals surface area (Å²) in [5.41, 5.74) is 0.349. The molecule has 4 aromatic rings. The van der Waals surface area contributed by atoms with Gasteiger partial charge in [0.15, 0.2) is 6.79 Å². The van der Waals surface area contributed by atoms with Gasteiger partial charge in [0.25, 0.3) is 5.76 Å². The van der Waals surface area contributed by atoms with Gasteiger partial charge in [-0.1, -0.05) is 22.9 Å². The fraction of sp³-hybridized carbons (Fsp3) is 0.241. The van der Waals surface area contributed by atoms with E-state index >= 15 is 0 Å². The Morgan fingerprint density at radius 1 is 1.05 bits per heavy atom. The summed E-state index contributed by atoms with van der Waals surface area (Å²) < 4.78 is 75.0. The molecule has 1 aliphatic heterocycles. The van der Waals surface area contributed by atoms with E-state index in [1.54, 1.807) is 6.07 Å². The van der Waals surface area contributed by atoms with Crippen LogP contribution in [0.4, 0.5) is 13.2 Å². The zero-order valence-corrected chi connectivity index (χ0v) is 23.1. The Hall–Kier alpha value is -4.03. The minimum absolute atomic E-state index is 0.0345. The summed E-state index contributed by atoms with van der Waals surface area (Å²) in [5.74, 6) is -2.53. The van der Waals surface area contributed by atoms with Gasteiger partial charge in [0.05, 0.1) is 24.2 Å².